The number of aliphatic hydroxyl groups excluding tert-OH is 2. The standard InChI is InChI=1S/C11H13NO.2C11H15NO.C11H15N.2C11H14O.3C10H13NO.C9H14N2O.C9H13NO/c1-3-8-4-5-10-9(6-8)7-11(13)12(10)2;1-3-9-4-5-11-10(8-9)12(2)6-7-13-11;1-3-9-4-5-10-11(8-9)13-7-6-12(10)2;1-3-9-4-5-11-10(8-9)6-7-12(11)2;2*1-2-9-5-6-11-10(8-9)4-3-7-12-11;1-3-8-4-5-10-9(6-8)11(2)7-12-10;1-3-8-4-5-9-10(6-8)12-7-11(9)2;1-2-8-3-4-9-10(7-8)12-6-5-11-9;1-3-8-4-5-10-9(6-8)11(2)7-12;1-2-8-3-5-10-9(7-8)4-6-11/h4-6H,3,7H2,1-2H3;2*4-5,8H,3,6-7H2,1-2H3;4-5,8H,3,6-7H2,1-2H3;2*5-6,8H,2-4,7H2,1H3;2*4-6H,3,7H2,1-2H3;3-4,7,11H,2,5-6H2,1H3;4-6,12H,3,7H2,1-2H3;3,5,7,11H,2,4,6H2,1H3. The number of carbonyl (C=O) groups is 1. The zero-order valence-electron chi connectivity index (χ0n) is 83.7. The zero-order valence-corrected chi connectivity index (χ0v) is 83.7. The zero-order chi connectivity index (χ0) is 95.8. The van der Waals surface area contributed by atoms with E-state index in [0.717, 1.165) is 186 Å². The number of hydrogen-bond donors (Lipinski definition) is 3. The minimum absolute atomic E-state index is 0.000166. The molecular weight excluding hydrogens is 1670 g/mol. The average Bonchev–Trinajstić information content (AvgIpc) is 1.12. The van der Waals surface area contributed by atoms with Gasteiger partial charge < -0.3 is 83.0 Å². The van der Waals surface area contributed by atoms with E-state index in [2.05, 4.69) is 295 Å². The molecule has 3 N–H and O–H groups in total. The van der Waals surface area contributed by atoms with E-state index in [0.29, 0.717) is 26.3 Å². The van der Waals surface area contributed by atoms with Gasteiger partial charge in [0, 0.05) is 105 Å². The van der Waals surface area contributed by atoms with E-state index < -0.39 is 0 Å². The molecule has 718 valence electrons. The molecule has 9 aliphatic heterocycles. The molecule has 134 heavy (non-hydrogen) atoms. The van der Waals surface area contributed by atoms with Gasteiger partial charge in [0.05, 0.1) is 61.2 Å². The highest BCUT2D eigenvalue weighted by Gasteiger charge is 2.25. The van der Waals surface area contributed by atoms with Gasteiger partial charge in [0.2, 0.25) is 5.91 Å². The van der Waals surface area contributed by atoms with Crippen LogP contribution >= 0.6 is 0 Å². The number of fused-ring (bicyclic) bond motifs is 9. The van der Waals surface area contributed by atoms with Gasteiger partial charge in [-0.2, -0.15) is 0 Å². The summed E-state index contributed by atoms with van der Waals surface area (Å²) in [7, 11) is 14.1. The highest BCUT2D eigenvalue weighted by molar-refractivity contribution is 6.01. The quantitative estimate of drug-likeness (QED) is 0.0823. The summed E-state index contributed by atoms with van der Waals surface area (Å²) in [5, 5.41) is 20.8. The predicted octanol–water partition coefficient (Wildman–Crippen LogP) is 21.6. The van der Waals surface area contributed by atoms with Crippen molar-refractivity contribution in [3.05, 3.63) is 290 Å². The molecule has 20 rings (SSSR count). The highest BCUT2D eigenvalue weighted by atomic mass is 16.5. The van der Waals surface area contributed by atoms with E-state index in [9.17, 15) is 4.79 Å². The first-order chi connectivity index (χ1) is 65.1. The first-order valence-electron chi connectivity index (χ1n) is 49.0. The van der Waals surface area contributed by atoms with Crippen molar-refractivity contribution in [1.29, 1.82) is 0 Å². The molecule has 9 aliphatic rings. The van der Waals surface area contributed by atoms with Crippen LogP contribution in [0.1, 0.15) is 178 Å². The number of likely N-dealkylation sites (N-methyl/N-ethyl adjacent to an activating group) is 4. The molecule has 0 fully saturated rings. The van der Waals surface area contributed by atoms with Crippen LogP contribution in [0.2, 0.25) is 0 Å². The Labute approximate surface area is 801 Å². The monoisotopic (exact) mass is 1820 g/mol. The number of anilines is 8. The van der Waals surface area contributed by atoms with Crippen LogP contribution in [0.5, 0.6) is 40.2 Å². The first-order valence-corrected chi connectivity index (χ1v) is 49.0. The highest BCUT2D eigenvalue weighted by Crippen LogP contribution is 2.38. The summed E-state index contributed by atoms with van der Waals surface area (Å²) in [6.07, 6.45) is 22.5. The molecule has 0 atom stereocenters. The Morgan fingerprint density at radius 1 is 0.336 bits per heavy atom. The summed E-state index contributed by atoms with van der Waals surface area (Å²) in [6, 6.07) is 66.2. The van der Waals surface area contributed by atoms with Gasteiger partial charge in [-0.3, -0.25) is 9.78 Å². The van der Waals surface area contributed by atoms with Crippen molar-refractivity contribution in [1.82, 2.24) is 9.97 Å². The second-order valence-corrected chi connectivity index (χ2v) is 34.7. The van der Waals surface area contributed by atoms with E-state index in [1.54, 1.807) is 22.2 Å². The SMILES string of the molecule is CCc1ccc2c(c1)CC(=O)N2C.CCc1ccc2c(c1)CCCO2.CCc1ccc2c(c1)CCCO2.CCc1ccc2c(c1)CCN2C.CCc1ccc2c(c1)N(C)CCO2.CCc1ccc2c(c1)N(C)CO2.CCc1ccc2c(c1)OCCN2.CCc1ccc2c(c1)OCCN2C.CCc1ccc2c(c1)OCN2C.CCc1ccnc(CCO)c1.CCc1ccnc(N(C)CO)c1. The second kappa shape index (κ2) is 54.3. The lowest BCUT2D eigenvalue weighted by molar-refractivity contribution is -0.117. The molecule has 0 aliphatic carbocycles. The number of rotatable bonds is 15. The third-order valence-electron chi connectivity index (χ3n) is 25.2. The van der Waals surface area contributed by atoms with Crippen molar-refractivity contribution < 1.29 is 48.2 Å². The Bertz CT molecular complexity index is 5230. The molecule has 0 bridgehead atoms. The van der Waals surface area contributed by atoms with Crippen LogP contribution < -0.4 is 72.8 Å². The lowest BCUT2D eigenvalue weighted by Gasteiger charge is -2.28. The van der Waals surface area contributed by atoms with Gasteiger partial charge in [-0.15, -0.1) is 0 Å². The van der Waals surface area contributed by atoms with Crippen molar-refractivity contribution in [3.63, 3.8) is 0 Å². The third-order valence-corrected chi connectivity index (χ3v) is 25.2. The van der Waals surface area contributed by atoms with Crippen LogP contribution in [-0.2, 0) is 108 Å². The van der Waals surface area contributed by atoms with Gasteiger partial charge in [0.25, 0.3) is 0 Å². The molecular formula is C114H152N10O10. The van der Waals surface area contributed by atoms with Crippen molar-refractivity contribution >= 4 is 51.5 Å². The Hall–Kier alpha value is -12.1. The summed E-state index contributed by atoms with van der Waals surface area (Å²) >= 11 is 0. The van der Waals surface area contributed by atoms with E-state index in [4.69, 9.17) is 43.4 Å². The van der Waals surface area contributed by atoms with Crippen molar-refractivity contribution in [2.45, 2.75) is 192 Å². The van der Waals surface area contributed by atoms with Crippen LogP contribution in [0, 0.1) is 0 Å². The number of nitrogens with zero attached hydrogens (tertiary/aromatic N) is 9. The van der Waals surface area contributed by atoms with E-state index in [1.807, 2.05) is 58.5 Å². The number of aryl methyl sites for hydroxylation is 13. The van der Waals surface area contributed by atoms with E-state index >= 15 is 0 Å². The number of amides is 1. The van der Waals surface area contributed by atoms with Gasteiger partial charge in [0.1, 0.15) is 72.6 Å². The maximum Gasteiger partial charge on any atom is 0.231 e. The van der Waals surface area contributed by atoms with Crippen LogP contribution in [-0.4, -0.2) is 161 Å². The van der Waals surface area contributed by atoms with Crippen molar-refractivity contribution in [2.75, 3.05) is 175 Å². The van der Waals surface area contributed by atoms with Crippen molar-refractivity contribution in [2.24, 2.45) is 0 Å². The number of nitrogens with one attached hydrogen (secondary N) is 1. The molecule has 0 saturated carbocycles. The summed E-state index contributed by atoms with van der Waals surface area (Å²) < 4.78 is 38.6. The fourth-order valence-corrected chi connectivity index (χ4v) is 16.3. The molecule has 20 nitrogen and oxygen atoms in total. The number of aliphatic hydroxyl groups is 2. The van der Waals surface area contributed by atoms with Gasteiger partial charge >= 0.3 is 0 Å². The summed E-state index contributed by atoms with van der Waals surface area (Å²) in [5.41, 5.74) is 29.8. The first kappa shape index (κ1) is 104. The predicted molar refractivity (Wildman–Crippen MR) is 557 cm³/mol. The molecule has 20 heteroatoms. The fourth-order valence-electron chi connectivity index (χ4n) is 16.3. The molecule has 0 spiro atoms. The van der Waals surface area contributed by atoms with Crippen LogP contribution in [0.15, 0.2) is 200 Å². The molecule has 0 unspecified atom stereocenters. The minimum atomic E-state index is 0.000166. The molecule has 11 aromatic rings. The molecule has 9 aromatic carbocycles. The Morgan fingerprint density at radius 2 is 0.716 bits per heavy atom. The Kier molecular flexibility index (Phi) is 42.1. The second-order valence-electron chi connectivity index (χ2n) is 34.7. The topological polar surface area (TPSA) is 183 Å². The minimum Gasteiger partial charge on any atom is -0.493 e. The fraction of sp³-hybridized carbons (Fsp3) is 0.430. The Morgan fingerprint density at radius 3 is 1.25 bits per heavy atom. The lowest BCUT2D eigenvalue weighted by atomic mass is 10.0. The van der Waals surface area contributed by atoms with Crippen molar-refractivity contribution in [3.8, 4) is 40.2 Å². The Balaban J connectivity index is 0.000000153. The molecule has 11 heterocycles. The normalized spacial score (nSPS) is 14.0. The summed E-state index contributed by atoms with van der Waals surface area (Å²) in [5.74, 6) is 8.29. The number of aromatic nitrogens is 2. The van der Waals surface area contributed by atoms with E-state index in [1.165, 1.54) is 151 Å². The number of carbonyl (C=O) groups excluding carboxylic acids is 1. The smallest absolute Gasteiger partial charge is 0.231 e. The largest absolute Gasteiger partial charge is 0.493 e. The van der Waals surface area contributed by atoms with Gasteiger partial charge in [-0.1, -0.05) is 155 Å². The van der Waals surface area contributed by atoms with Gasteiger partial charge in [-0.05, 0) is 295 Å². The number of hydrogen-bond acceptors (Lipinski definition) is 19. The molecule has 0 saturated heterocycles. The molecule has 2 aromatic heterocycles. The van der Waals surface area contributed by atoms with Gasteiger partial charge in [-0.25, -0.2) is 4.98 Å². The lowest BCUT2D eigenvalue weighted by Crippen LogP contribution is -2.28. The maximum atomic E-state index is 11.4. The van der Waals surface area contributed by atoms with Crippen LogP contribution in [0.4, 0.5) is 45.6 Å². The average molecular weight is 1820 g/mol. The maximum absolute atomic E-state index is 11.4. The number of benzene rings is 9. The van der Waals surface area contributed by atoms with Crippen LogP contribution in [0.3, 0.4) is 0 Å². The van der Waals surface area contributed by atoms with Crippen LogP contribution in [0.25, 0.3) is 0 Å². The summed E-state index contributed by atoms with van der Waals surface area (Å²) in [4.78, 5) is 34.1. The molecule has 1 amide bonds. The molecule has 0 radical (unpaired) electrons. The van der Waals surface area contributed by atoms with Gasteiger partial charge in [0.15, 0.2) is 13.5 Å². The summed E-state index contributed by atoms with van der Waals surface area (Å²) in [6.45, 7) is 33.5. The number of ether oxygens (including phenoxy) is 7. The number of pyridine rings is 2. The van der Waals surface area contributed by atoms with E-state index in [-0.39, 0.29) is 19.2 Å². The third kappa shape index (κ3) is 30.4.